The molecule has 174 valence electrons. The second-order valence-corrected chi connectivity index (χ2v) is 10.3. The summed E-state index contributed by atoms with van der Waals surface area (Å²) in [6.07, 6.45) is 5.70. The van der Waals surface area contributed by atoms with Crippen molar-refractivity contribution in [3.8, 4) is 0 Å². The lowest BCUT2D eigenvalue weighted by Crippen LogP contribution is -2.41. The zero-order valence-corrected chi connectivity index (χ0v) is 19.3. The Labute approximate surface area is 192 Å². The Morgan fingerprint density at radius 1 is 0.970 bits per heavy atom. The van der Waals surface area contributed by atoms with E-state index in [0.29, 0.717) is 32.5 Å². The van der Waals surface area contributed by atoms with Crippen LogP contribution in [0.15, 0.2) is 76.7 Å². The molecule has 2 aromatic carbocycles. The maximum absolute atomic E-state index is 12.9. The molecule has 1 fully saturated rings. The van der Waals surface area contributed by atoms with Crippen LogP contribution in [-0.4, -0.2) is 47.9 Å². The number of imidazole rings is 1. The second-order valence-electron chi connectivity index (χ2n) is 8.29. The average Bonchev–Trinajstić information content (AvgIpc) is 3.18. The van der Waals surface area contributed by atoms with E-state index < -0.39 is 9.84 Å². The fraction of sp³-hybridized carbons (Fsp3) is 0.333. The Morgan fingerprint density at radius 2 is 1.64 bits per heavy atom. The number of carbonyl (C=O) groups is 1. The maximum Gasteiger partial charge on any atom is 0.410 e. The van der Waals surface area contributed by atoms with Crippen molar-refractivity contribution in [3.63, 3.8) is 0 Å². The topological polar surface area (TPSA) is 90.6 Å². The van der Waals surface area contributed by atoms with Gasteiger partial charge in [0.05, 0.1) is 11.4 Å². The van der Waals surface area contributed by atoms with Crippen molar-refractivity contribution in [2.75, 3.05) is 19.3 Å². The van der Waals surface area contributed by atoms with Crippen LogP contribution in [0.3, 0.4) is 0 Å². The summed E-state index contributed by atoms with van der Waals surface area (Å²) in [5, 5.41) is 0. The van der Waals surface area contributed by atoms with E-state index in [1.54, 1.807) is 50.7 Å². The Bertz CT molecular complexity index is 1260. The number of aromatic nitrogens is 2. The summed E-state index contributed by atoms with van der Waals surface area (Å²) in [5.74, 6) is 0. The standard InChI is InChI=1S/C24H27N3O5S/c1-33(30,31)22-9-7-19(8-10-22)17-26-15-16-27(23(26)28)21-11-13-25(14-12-21)24(29)32-18-20-5-3-2-4-6-20/h2-10,15-16,21H,11-14,17-18H2,1H3. The first-order valence-electron chi connectivity index (χ1n) is 10.8. The van der Waals surface area contributed by atoms with Gasteiger partial charge < -0.3 is 9.64 Å². The molecule has 1 aromatic heterocycles. The van der Waals surface area contributed by atoms with Gasteiger partial charge in [0.1, 0.15) is 6.61 Å². The van der Waals surface area contributed by atoms with Crippen molar-refractivity contribution in [1.29, 1.82) is 0 Å². The summed E-state index contributed by atoms with van der Waals surface area (Å²) in [6.45, 7) is 1.67. The quantitative estimate of drug-likeness (QED) is 0.553. The molecule has 1 aliphatic rings. The molecule has 8 nitrogen and oxygen atoms in total. The van der Waals surface area contributed by atoms with Gasteiger partial charge in [-0.2, -0.15) is 0 Å². The Morgan fingerprint density at radius 3 is 2.27 bits per heavy atom. The largest absolute Gasteiger partial charge is 0.445 e. The first kappa shape index (κ1) is 22.8. The smallest absolute Gasteiger partial charge is 0.410 e. The van der Waals surface area contributed by atoms with Gasteiger partial charge in [-0.3, -0.25) is 9.13 Å². The molecule has 0 spiro atoms. The number of sulfone groups is 1. The third-order valence-electron chi connectivity index (χ3n) is 5.90. The Balaban J connectivity index is 1.33. The van der Waals surface area contributed by atoms with Crippen LogP contribution in [0, 0.1) is 0 Å². The normalized spacial score (nSPS) is 14.9. The number of ether oxygens (including phenoxy) is 1. The van der Waals surface area contributed by atoms with E-state index in [9.17, 15) is 18.0 Å². The van der Waals surface area contributed by atoms with E-state index in [-0.39, 0.29) is 29.3 Å². The Kier molecular flexibility index (Phi) is 6.69. The highest BCUT2D eigenvalue weighted by Gasteiger charge is 2.26. The van der Waals surface area contributed by atoms with Crippen molar-refractivity contribution in [2.45, 2.75) is 36.9 Å². The zero-order valence-electron chi connectivity index (χ0n) is 18.5. The van der Waals surface area contributed by atoms with Gasteiger partial charge >= 0.3 is 11.8 Å². The number of benzene rings is 2. The lowest BCUT2D eigenvalue weighted by Gasteiger charge is -2.31. The van der Waals surface area contributed by atoms with Crippen molar-refractivity contribution in [3.05, 3.63) is 88.6 Å². The van der Waals surface area contributed by atoms with Crippen LogP contribution in [0.2, 0.25) is 0 Å². The van der Waals surface area contributed by atoms with Gasteiger partial charge in [0, 0.05) is 37.8 Å². The molecular weight excluding hydrogens is 442 g/mol. The molecule has 4 rings (SSSR count). The number of hydrogen-bond acceptors (Lipinski definition) is 5. The lowest BCUT2D eigenvalue weighted by molar-refractivity contribution is 0.0828. The minimum atomic E-state index is -3.25. The number of nitrogens with zero attached hydrogens (tertiary/aromatic N) is 3. The summed E-state index contributed by atoms with van der Waals surface area (Å²) in [6, 6.07) is 16.1. The number of likely N-dealkylation sites (tertiary alicyclic amines) is 1. The highest BCUT2D eigenvalue weighted by molar-refractivity contribution is 7.90. The molecule has 0 radical (unpaired) electrons. The highest BCUT2D eigenvalue weighted by Crippen LogP contribution is 2.22. The number of rotatable bonds is 6. The van der Waals surface area contributed by atoms with Gasteiger partial charge in [-0.15, -0.1) is 0 Å². The predicted molar refractivity (Wildman–Crippen MR) is 124 cm³/mol. The van der Waals surface area contributed by atoms with E-state index in [1.165, 1.54) is 6.26 Å². The minimum absolute atomic E-state index is 0.0181. The molecule has 0 N–H and O–H groups in total. The van der Waals surface area contributed by atoms with Gasteiger partial charge in [-0.25, -0.2) is 18.0 Å². The van der Waals surface area contributed by atoms with E-state index in [4.69, 9.17) is 4.74 Å². The summed E-state index contributed by atoms with van der Waals surface area (Å²) >= 11 is 0. The van der Waals surface area contributed by atoms with E-state index >= 15 is 0 Å². The molecule has 1 saturated heterocycles. The summed E-state index contributed by atoms with van der Waals surface area (Å²) < 4.78 is 32.0. The maximum atomic E-state index is 12.9. The van der Waals surface area contributed by atoms with Crippen LogP contribution in [0.1, 0.15) is 30.0 Å². The Hall–Kier alpha value is -3.33. The minimum Gasteiger partial charge on any atom is -0.445 e. The second kappa shape index (κ2) is 9.66. The van der Waals surface area contributed by atoms with Crippen molar-refractivity contribution >= 4 is 15.9 Å². The van der Waals surface area contributed by atoms with Crippen LogP contribution >= 0.6 is 0 Å². The molecule has 1 amide bonds. The fourth-order valence-electron chi connectivity index (χ4n) is 4.00. The number of piperidine rings is 1. The van der Waals surface area contributed by atoms with Crippen molar-refractivity contribution in [1.82, 2.24) is 14.0 Å². The van der Waals surface area contributed by atoms with Gasteiger partial charge in [-0.05, 0) is 36.1 Å². The van der Waals surface area contributed by atoms with Gasteiger partial charge in [0.2, 0.25) is 0 Å². The molecule has 1 aliphatic heterocycles. The summed E-state index contributed by atoms with van der Waals surface area (Å²) in [7, 11) is -3.25. The first-order chi connectivity index (χ1) is 15.8. The predicted octanol–water partition coefficient (Wildman–Crippen LogP) is 3.08. The molecule has 33 heavy (non-hydrogen) atoms. The summed E-state index contributed by atoms with van der Waals surface area (Å²) in [5.41, 5.74) is 1.67. The number of hydrogen-bond donors (Lipinski definition) is 0. The van der Waals surface area contributed by atoms with E-state index in [0.717, 1.165) is 11.1 Å². The third kappa shape index (κ3) is 5.54. The fourth-order valence-corrected chi connectivity index (χ4v) is 4.63. The molecule has 0 saturated carbocycles. The first-order valence-corrected chi connectivity index (χ1v) is 12.7. The van der Waals surface area contributed by atoms with Crippen molar-refractivity contribution < 1.29 is 17.9 Å². The summed E-state index contributed by atoms with van der Waals surface area (Å²) in [4.78, 5) is 27.2. The monoisotopic (exact) mass is 469 g/mol. The van der Waals surface area contributed by atoms with Gasteiger partial charge in [0.15, 0.2) is 9.84 Å². The molecule has 2 heterocycles. The molecule has 0 aliphatic carbocycles. The van der Waals surface area contributed by atoms with Crippen LogP contribution in [-0.2, 0) is 27.7 Å². The number of amides is 1. The van der Waals surface area contributed by atoms with Gasteiger partial charge in [0.25, 0.3) is 0 Å². The van der Waals surface area contributed by atoms with E-state index in [2.05, 4.69) is 0 Å². The molecule has 0 unspecified atom stereocenters. The van der Waals surface area contributed by atoms with Crippen LogP contribution in [0.25, 0.3) is 0 Å². The van der Waals surface area contributed by atoms with Crippen LogP contribution in [0.4, 0.5) is 4.79 Å². The molecule has 3 aromatic rings. The van der Waals surface area contributed by atoms with Crippen LogP contribution < -0.4 is 5.69 Å². The SMILES string of the molecule is CS(=O)(=O)c1ccc(Cn2ccn(C3CCN(C(=O)OCc4ccccc4)CC3)c2=O)cc1. The lowest BCUT2D eigenvalue weighted by atomic mass is 10.1. The van der Waals surface area contributed by atoms with Gasteiger partial charge in [-0.1, -0.05) is 42.5 Å². The van der Waals surface area contributed by atoms with Crippen molar-refractivity contribution in [2.24, 2.45) is 0 Å². The zero-order chi connectivity index (χ0) is 23.4. The van der Waals surface area contributed by atoms with E-state index in [1.807, 2.05) is 30.3 Å². The third-order valence-corrected chi connectivity index (χ3v) is 7.03. The highest BCUT2D eigenvalue weighted by atomic mass is 32.2. The number of carbonyl (C=O) groups excluding carboxylic acids is 1. The molecule has 0 atom stereocenters. The molecule has 9 heteroatoms. The molecule has 0 bridgehead atoms. The van der Waals surface area contributed by atoms with Crippen LogP contribution in [0.5, 0.6) is 0 Å². The average molecular weight is 470 g/mol. The molecular formula is C24H27N3O5S.